The Morgan fingerprint density at radius 3 is 2.67 bits per heavy atom. The SMILES string of the molecule is Cc1nc(CC(=O)CC2CCC2)sc1C. The summed E-state index contributed by atoms with van der Waals surface area (Å²) >= 11 is 1.66. The third-order valence-corrected chi connectivity index (χ3v) is 4.24. The fraction of sp³-hybridized carbons (Fsp3) is 0.667. The second kappa shape index (κ2) is 4.44. The molecular weight excluding hydrogens is 206 g/mol. The second-order valence-corrected chi connectivity index (χ2v) is 5.75. The van der Waals surface area contributed by atoms with Gasteiger partial charge in [-0.2, -0.15) is 0 Å². The lowest BCUT2D eigenvalue weighted by atomic mass is 9.81. The Labute approximate surface area is 94.7 Å². The van der Waals surface area contributed by atoms with Gasteiger partial charge >= 0.3 is 0 Å². The summed E-state index contributed by atoms with van der Waals surface area (Å²) in [6.07, 6.45) is 5.14. The van der Waals surface area contributed by atoms with Gasteiger partial charge in [0, 0.05) is 11.3 Å². The van der Waals surface area contributed by atoms with Gasteiger partial charge in [-0.3, -0.25) is 4.79 Å². The molecule has 3 heteroatoms. The Morgan fingerprint density at radius 2 is 2.20 bits per heavy atom. The van der Waals surface area contributed by atoms with Gasteiger partial charge in [-0.15, -0.1) is 11.3 Å². The fourth-order valence-electron chi connectivity index (χ4n) is 1.87. The number of Topliss-reactive ketones (excluding diaryl/α,β-unsaturated/α-hetero) is 1. The maximum absolute atomic E-state index is 11.7. The first-order valence-electron chi connectivity index (χ1n) is 5.59. The van der Waals surface area contributed by atoms with E-state index >= 15 is 0 Å². The molecule has 0 radical (unpaired) electrons. The molecule has 1 aliphatic carbocycles. The molecule has 0 aromatic carbocycles. The van der Waals surface area contributed by atoms with Gasteiger partial charge < -0.3 is 0 Å². The number of carbonyl (C=O) groups excluding carboxylic acids is 1. The van der Waals surface area contributed by atoms with Gasteiger partial charge in [0.2, 0.25) is 0 Å². The predicted molar refractivity (Wildman–Crippen MR) is 62.3 cm³/mol. The molecule has 1 aromatic rings. The highest BCUT2D eigenvalue weighted by atomic mass is 32.1. The van der Waals surface area contributed by atoms with Crippen LogP contribution in [0.2, 0.25) is 0 Å². The summed E-state index contributed by atoms with van der Waals surface area (Å²) in [5, 5.41) is 0.995. The number of hydrogen-bond acceptors (Lipinski definition) is 3. The van der Waals surface area contributed by atoms with Crippen molar-refractivity contribution in [3.63, 3.8) is 0 Å². The summed E-state index contributed by atoms with van der Waals surface area (Å²) in [7, 11) is 0. The number of ketones is 1. The van der Waals surface area contributed by atoms with Crippen LogP contribution >= 0.6 is 11.3 Å². The lowest BCUT2D eigenvalue weighted by Gasteiger charge is -2.24. The number of aromatic nitrogens is 1. The topological polar surface area (TPSA) is 30.0 Å². The Hall–Kier alpha value is -0.700. The van der Waals surface area contributed by atoms with Crippen LogP contribution < -0.4 is 0 Å². The molecule has 0 atom stereocenters. The van der Waals surface area contributed by atoms with Crippen LogP contribution in [0.3, 0.4) is 0 Å². The van der Waals surface area contributed by atoms with E-state index in [1.54, 1.807) is 11.3 Å². The molecule has 0 N–H and O–H groups in total. The highest BCUT2D eigenvalue weighted by Gasteiger charge is 2.21. The first-order chi connectivity index (χ1) is 7.15. The number of hydrogen-bond donors (Lipinski definition) is 0. The fourth-order valence-corrected chi connectivity index (χ4v) is 2.84. The first-order valence-corrected chi connectivity index (χ1v) is 6.41. The summed E-state index contributed by atoms with van der Waals surface area (Å²) in [4.78, 5) is 17.3. The maximum Gasteiger partial charge on any atom is 0.139 e. The van der Waals surface area contributed by atoms with Crippen molar-refractivity contribution in [1.82, 2.24) is 4.98 Å². The second-order valence-electron chi connectivity index (χ2n) is 4.47. The molecule has 82 valence electrons. The number of rotatable bonds is 4. The monoisotopic (exact) mass is 223 g/mol. The van der Waals surface area contributed by atoms with E-state index < -0.39 is 0 Å². The zero-order valence-corrected chi connectivity index (χ0v) is 10.2. The molecule has 0 amide bonds. The maximum atomic E-state index is 11.7. The summed E-state index contributed by atoms with van der Waals surface area (Å²) in [5.74, 6) is 1.05. The van der Waals surface area contributed by atoms with Crippen molar-refractivity contribution in [2.75, 3.05) is 0 Å². The molecular formula is C12H17NOS. The Balaban J connectivity index is 1.87. The molecule has 1 saturated carbocycles. The average molecular weight is 223 g/mol. The summed E-state index contributed by atoms with van der Waals surface area (Å²) in [6.45, 7) is 4.07. The van der Waals surface area contributed by atoms with E-state index in [0.29, 0.717) is 18.1 Å². The molecule has 0 saturated heterocycles. The van der Waals surface area contributed by atoms with Crippen LogP contribution in [-0.2, 0) is 11.2 Å². The van der Waals surface area contributed by atoms with E-state index in [4.69, 9.17) is 0 Å². The van der Waals surface area contributed by atoms with Crippen LogP contribution in [0.25, 0.3) is 0 Å². The number of carbonyl (C=O) groups is 1. The zero-order chi connectivity index (χ0) is 10.8. The quantitative estimate of drug-likeness (QED) is 0.785. The van der Waals surface area contributed by atoms with Crippen LogP contribution in [0.1, 0.15) is 41.3 Å². The van der Waals surface area contributed by atoms with Crippen LogP contribution in [-0.4, -0.2) is 10.8 Å². The minimum Gasteiger partial charge on any atom is -0.299 e. The smallest absolute Gasteiger partial charge is 0.139 e. The van der Waals surface area contributed by atoms with E-state index in [1.165, 1.54) is 24.1 Å². The molecule has 1 aliphatic rings. The molecule has 1 fully saturated rings. The minimum absolute atomic E-state index is 0.369. The molecule has 2 nitrogen and oxygen atoms in total. The van der Waals surface area contributed by atoms with Gasteiger partial charge in [0.05, 0.1) is 12.1 Å². The van der Waals surface area contributed by atoms with Crippen molar-refractivity contribution in [1.29, 1.82) is 0 Å². The van der Waals surface area contributed by atoms with Crippen LogP contribution in [0.15, 0.2) is 0 Å². The Bertz CT molecular complexity index is 346. The van der Waals surface area contributed by atoms with Crippen LogP contribution in [0.5, 0.6) is 0 Å². The van der Waals surface area contributed by atoms with Gasteiger partial charge in [0.25, 0.3) is 0 Å². The van der Waals surface area contributed by atoms with Gasteiger partial charge in [-0.25, -0.2) is 4.98 Å². The number of aryl methyl sites for hydroxylation is 2. The molecule has 1 aromatic heterocycles. The Kier molecular flexibility index (Phi) is 3.19. The summed E-state index contributed by atoms with van der Waals surface area (Å²) < 4.78 is 0. The van der Waals surface area contributed by atoms with Crippen molar-refractivity contribution in [3.05, 3.63) is 15.6 Å². The number of thiazole rings is 1. The first kappa shape index (κ1) is 10.8. The van der Waals surface area contributed by atoms with E-state index in [9.17, 15) is 4.79 Å². The van der Waals surface area contributed by atoms with Crippen LogP contribution in [0.4, 0.5) is 0 Å². The summed E-state index contributed by atoms with van der Waals surface area (Å²) in [6, 6.07) is 0. The van der Waals surface area contributed by atoms with E-state index in [-0.39, 0.29) is 0 Å². The van der Waals surface area contributed by atoms with E-state index in [0.717, 1.165) is 17.1 Å². The standard InChI is InChI=1S/C12H17NOS/c1-8-9(2)15-12(13-8)7-11(14)6-10-4-3-5-10/h10H,3-7H2,1-2H3. The van der Waals surface area contributed by atoms with E-state index in [2.05, 4.69) is 11.9 Å². The normalized spacial score (nSPS) is 16.4. The third kappa shape index (κ3) is 2.65. The highest BCUT2D eigenvalue weighted by molar-refractivity contribution is 7.11. The van der Waals surface area contributed by atoms with Gasteiger partial charge in [-0.05, 0) is 19.8 Å². The van der Waals surface area contributed by atoms with Gasteiger partial charge in [0.15, 0.2) is 0 Å². The molecule has 0 bridgehead atoms. The molecule has 0 spiro atoms. The van der Waals surface area contributed by atoms with Gasteiger partial charge in [0.1, 0.15) is 10.8 Å². The molecule has 15 heavy (non-hydrogen) atoms. The van der Waals surface area contributed by atoms with Crippen molar-refractivity contribution in [3.8, 4) is 0 Å². The minimum atomic E-state index is 0.369. The van der Waals surface area contributed by atoms with Crippen molar-refractivity contribution >= 4 is 17.1 Å². The Morgan fingerprint density at radius 1 is 1.47 bits per heavy atom. The van der Waals surface area contributed by atoms with Crippen molar-refractivity contribution in [2.24, 2.45) is 5.92 Å². The van der Waals surface area contributed by atoms with Gasteiger partial charge in [-0.1, -0.05) is 19.3 Å². The van der Waals surface area contributed by atoms with Crippen LogP contribution in [0, 0.1) is 19.8 Å². The molecule has 2 rings (SSSR count). The molecule has 0 aliphatic heterocycles. The lowest BCUT2D eigenvalue weighted by Crippen LogP contribution is -2.16. The third-order valence-electron chi connectivity index (χ3n) is 3.16. The number of nitrogens with zero attached hydrogens (tertiary/aromatic N) is 1. The summed E-state index contributed by atoms with van der Waals surface area (Å²) in [5.41, 5.74) is 1.08. The molecule has 1 heterocycles. The highest BCUT2D eigenvalue weighted by Crippen LogP contribution is 2.30. The zero-order valence-electron chi connectivity index (χ0n) is 9.38. The largest absolute Gasteiger partial charge is 0.299 e. The predicted octanol–water partition coefficient (Wildman–Crippen LogP) is 3.06. The van der Waals surface area contributed by atoms with Crippen molar-refractivity contribution < 1.29 is 4.79 Å². The lowest BCUT2D eigenvalue weighted by molar-refractivity contribution is -0.119. The molecule has 0 unspecified atom stereocenters. The average Bonchev–Trinajstić information content (AvgIpc) is 2.39. The van der Waals surface area contributed by atoms with Crippen molar-refractivity contribution in [2.45, 2.75) is 46.0 Å². The van der Waals surface area contributed by atoms with E-state index in [1.807, 2.05) is 6.92 Å².